The molecular formula is C12H19NO3. The molecule has 0 aromatic carbocycles. The van der Waals surface area contributed by atoms with Gasteiger partial charge in [0.1, 0.15) is 0 Å². The smallest absolute Gasteiger partial charge is 0.279 e. The molecule has 0 spiro atoms. The van der Waals surface area contributed by atoms with Crippen molar-refractivity contribution in [2.24, 2.45) is 0 Å². The Hall–Kier alpha value is -1.71. The van der Waals surface area contributed by atoms with Crippen molar-refractivity contribution in [3.05, 3.63) is 45.7 Å². The zero-order chi connectivity index (χ0) is 13.0. The van der Waals surface area contributed by atoms with E-state index >= 15 is 0 Å². The highest BCUT2D eigenvalue weighted by atomic mass is 16.6. The SMILES string of the molecule is CC.C\C=C/C(=C(C=O)\C=C/CC)[N+](=O)[O-]. The summed E-state index contributed by atoms with van der Waals surface area (Å²) >= 11 is 0. The van der Waals surface area contributed by atoms with Gasteiger partial charge in [-0.25, -0.2) is 0 Å². The molecule has 0 atom stereocenters. The highest BCUT2D eigenvalue weighted by Gasteiger charge is 2.11. The fraction of sp³-hybridized carbons (Fsp3) is 0.417. The zero-order valence-corrected chi connectivity index (χ0v) is 10.3. The molecule has 0 aromatic heterocycles. The molecule has 16 heavy (non-hydrogen) atoms. The average molecular weight is 225 g/mol. The first-order valence-electron chi connectivity index (χ1n) is 5.30. The van der Waals surface area contributed by atoms with E-state index in [2.05, 4.69) is 0 Å². The first kappa shape index (κ1) is 16.7. The number of nitrogens with zero attached hydrogens (tertiary/aromatic N) is 1. The van der Waals surface area contributed by atoms with Crippen molar-refractivity contribution in [2.75, 3.05) is 0 Å². The molecule has 0 amide bonds. The molecule has 0 unspecified atom stereocenters. The van der Waals surface area contributed by atoms with E-state index in [0.29, 0.717) is 6.29 Å². The maximum Gasteiger partial charge on any atom is 0.279 e. The third-order valence-corrected chi connectivity index (χ3v) is 1.48. The van der Waals surface area contributed by atoms with Crippen LogP contribution in [0.2, 0.25) is 0 Å². The van der Waals surface area contributed by atoms with Gasteiger partial charge < -0.3 is 0 Å². The van der Waals surface area contributed by atoms with Crippen LogP contribution in [0.15, 0.2) is 35.6 Å². The van der Waals surface area contributed by atoms with Gasteiger partial charge in [0.2, 0.25) is 0 Å². The number of nitro groups is 1. The van der Waals surface area contributed by atoms with Crippen LogP contribution in [0.4, 0.5) is 0 Å². The monoisotopic (exact) mass is 225 g/mol. The van der Waals surface area contributed by atoms with Crippen molar-refractivity contribution in [1.29, 1.82) is 0 Å². The van der Waals surface area contributed by atoms with Crippen LogP contribution in [0.3, 0.4) is 0 Å². The molecule has 0 bridgehead atoms. The Bertz CT molecular complexity index is 301. The van der Waals surface area contributed by atoms with Crippen molar-refractivity contribution >= 4 is 6.29 Å². The summed E-state index contributed by atoms with van der Waals surface area (Å²) < 4.78 is 0. The summed E-state index contributed by atoms with van der Waals surface area (Å²) in [5.74, 6) is 0. The molecule has 0 aromatic rings. The topological polar surface area (TPSA) is 60.2 Å². The largest absolute Gasteiger partial charge is 0.298 e. The summed E-state index contributed by atoms with van der Waals surface area (Å²) in [5.41, 5.74) is -0.0813. The highest BCUT2D eigenvalue weighted by molar-refractivity contribution is 5.78. The van der Waals surface area contributed by atoms with E-state index in [0.717, 1.165) is 6.42 Å². The Balaban J connectivity index is 0. The molecule has 0 rings (SSSR count). The van der Waals surface area contributed by atoms with Crippen molar-refractivity contribution in [3.8, 4) is 0 Å². The Morgan fingerprint density at radius 1 is 1.31 bits per heavy atom. The van der Waals surface area contributed by atoms with Gasteiger partial charge >= 0.3 is 0 Å². The number of allylic oxidation sites excluding steroid dienone is 5. The molecule has 0 aliphatic carbocycles. The summed E-state index contributed by atoms with van der Waals surface area (Å²) in [5, 5.41) is 10.6. The van der Waals surface area contributed by atoms with E-state index in [1.807, 2.05) is 20.8 Å². The normalized spacial score (nSPS) is 12.0. The summed E-state index contributed by atoms with van der Waals surface area (Å²) in [6.07, 6.45) is 7.23. The molecule has 90 valence electrons. The number of aldehydes is 1. The van der Waals surface area contributed by atoms with Crippen molar-refractivity contribution in [1.82, 2.24) is 0 Å². The molecule has 0 saturated carbocycles. The van der Waals surface area contributed by atoms with Gasteiger partial charge in [0.25, 0.3) is 5.70 Å². The van der Waals surface area contributed by atoms with Gasteiger partial charge in [-0.2, -0.15) is 0 Å². The molecule has 4 heteroatoms. The van der Waals surface area contributed by atoms with E-state index in [9.17, 15) is 14.9 Å². The first-order valence-corrected chi connectivity index (χ1v) is 5.30. The van der Waals surface area contributed by atoms with Crippen LogP contribution in [0, 0.1) is 10.1 Å². The molecule has 0 aliphatic rings. The van der Waals surface area contributed by atoms with Crippen LogP contribution in [0.5, 0.6) is 0 Å². The summed E-state index contributed by atoms with van der Waals surface area (Å²) in [6.45, 7) is 7.55. The third-order valence-electron chi connectivity index (χ3n) is 1.48. The molecule has 0 radical (unpaired) electrons. The van der Waals surface area contributed by atoms with E-state index in [4.69, 9.17) is 0 Å². The summed E-state index contributed by atoms with van der Waals surface area (Å²) in [7, 11) is 0. The predicted molar refractivity (Wildman–Crippen MR) is 65.7 cm³/mol. The Labute approximate surface area is 96.5 Å². The summed E-state index contributed by atoms with van der Waals surface area (Å²) in [4.78, 5) is 20.6. The standard InChI is InChI=1S/C10H13NO3.C2H6/c1-3-5-7-9(8-12)10(6-4-2)11(13)14;1-2/h4-8H,3H2,1-2H3;1-2H3/b6-4-,7-5-,10-9-;. The Kier molecular flexibility index (Phi) is 11.9. The number of carbonyl (C=O) groups excluding carboxylic acids is 1. The highest BCUT2D eigenvalue weighted by Crippen LogP contribution is 2.07. The number of hydrogen-bond acceptors (Lipinski definition) is 3. The maximum atomic E-state index is 10.6. The van der Waals surface area contributed by atoms with Gasteiger partial charge in [-0.15, -0.1) is 0 Å². The van der Waals surface area contributed by atoms with Gasteiger partial charge in [-0.05, 0) is 19.4 Å². The Morgan fingerprint density at radius 2 is 1.88 bits per heavy atom. The van der Waals surface area contributed by atoms with Gasteiger partial charge in [0, 0.05) is 6.08 Å². The molecule has 0 heterocycles. The maximum absolute atomic E-state index is 10.6. The molecule has 4 nitrogen and oxygen atoms in total. The van der Waals surface area contributed by atoms with Crippen LogP contribution >= 0.6 is 0 Å². The molecule has 0 N–H and O–H groups in total. The predicted octanol–water partition coefficient (Wildman–Crippen LogP) is 3.28. The van der Waals surface area contributed by atoms with Crippen LogP contribution in [0.25, 0.3) is 0 Å². The van der Waals surface area contributed by atoms with Gasteiger partial charge in [-0.1, -0.05) is 32.9 Å². The lowest BCUT2D eigenvalue weighted by Crippen LogP contribution is -2.00. The summed E-state index contributed by atoms with van der Waals surface area (Å²) in [6, 6.07) is 0. The van der Waals surface area contributed by atoms with Gasteiger partial charge in [0.05, 0.1) is 10.5 Å². The van der Waals surface area contributed by atoms with Crippen LogP contribution < -0.4 is 0 Å². The number of carbonyl (C=O) groups is 1. The lowest BCUT2D eigenvalue weighted by molar-refractivity contribution is -0.419. The van der Waals surface area contributed by atoms with Crippen molar-refractivity contribution in [2.45, 2.75) is 34.1 Å². The minimum atomic E-state index is -0.566. The van der Waals surface area contributed by atoms with E-state index in [1.54, 1.807) is 13.0 Å². The second-order valence-corrected chi connectivity index (χ2v) is 2.53. The molecule has 0 fully saturated rings. The van der Waals surface area contributed by atoms with Crippen LogP contribution in [-0.2, 0) is 4.79 Å². The molecule has 0 aliphatic heterocycles. The minimum absolute atomic E-state index is 0.0925. The second kappa shape index (κ2) is 11.4. The first-order chi connectivity index (χ1) is 7.67. The fourth-order valence-electron chi connectivity index (χ4n) is 0.850. The van der Waals surface area contributed by atoms with Gasteiger partial charge in [-0.3, -0.25) is 14.9 Å². The van der Waals surface area contributed by atoms with Gasteiger partial charge in [0.15, 0.2) is 6.29 Å². The number of hydrogen-bond donors (Lipinski definition) is 0. The molecule has 0 saturated heterocycles. The lowest BCUT2D eigenvalue weighted by atomic mass is 10.2. The quantitative estimate of drug-likeness (QED) is 0.237. The second-order valence-electron chi connectivity index (χ2n) is 2.53. The Morgan fingerprint density at radius 3 is 2.19 bits per heavy atom. The van der Waals surface area contributed by atoms with E-state index in [-0.39, 0.29) is 11.3 Å². The van der Waals surface area contributed by atoms with E-state index < -0.39 is 4.92 Å². The van der Waals surface area contributed by atoms with Crippen LogP contribution in [-0.4, -0.2) is 11.2 Å². The zero-order valence-electron chi connectivity index (χ0n) is 10.3. The fourth-order valence-corrected chi connectivity index (χ4v) is 0.850. The van der Waals surface area contributed by atoms with Crippen molar-refractivity contribution < 1.29 is 9.72 Å². The minimum Gasteiger partial charge on any atom is -0.298 e. The lowest BCUT2D eigenvalue weighted by Gasteiger charge is -1.93. The van der Waals surface area contributed by atoms with Crippen LogP contribution in [0.1, 0.15) is 34.1 Å². The average Bonchev–Trinajstić information content (AvgIpc) is 2.31. The van der Waals surface area contributed by atoms with E-state index in [1.165, 1.54) is 18.2 Å². The third kappa shape index (κ3) is 6.70. The number of rotatable bonds is 5. The molecular weight excluding hydrogens is 206 g/mol. The van der Waals surface area contributed by atoms with Crippen molar-refractivity contribution in [3.63, 3.8) is 0 Å².